The SMILES string of the molecule is NCC1CCCC1Sc1ccc2c(c1)OCCO2. The predicted molar refractivity (Wildman–Crippen MR) is 73.5 cm³/mol. The maximum absolute atomic E-state index is 5.83. The quantitative estimate of drug-likeness (QED) is 0.912. The molecule has 1 aliphatic carbocycles. The van der Waals surface area contributed by atoms with Crippen molar-refractivity contribution >= 4 is 11.8 Å². The van der Waals surface area contributed by atoms with Crippen LogP contribution >= 0.6 is 11.8 Å². The summed E-state index contributed by atoms with van der Waals surface area (Å²) >= 11 is 1.94. The molecule has 0 bridgehead atoms. The van der Waals surface area contributed by atoms with Crippen molar-refractivity contribution in [1.82, 2.24) is 0 Å². The molecule has 0 radical (unpaired) electrons. The van der Waals surface area contributed by atoms with Crippen molar-refractivity contribution in [3.63, 3.8) is 0 Å². The maximum atomic E-state index is 5.83. The Balaban J connectivity index is 1.72. The Kier molecular flexibility index (Phi) is 3.66. The molecule has 1 fully saturated rings. The molecule has 1 aliphatic heterocycles. The van der Waals surface area contributed by atoms with Gasteiger partial charge < -0.3 is 15.2 Å². The molecule has 2 N–H and O–H groups in total. The van der Waals surface area contributed by atoms with Crippen molar-refractivity contribution in [3.05, 3.63) is 18.2 Å². The Morgan fingerprint density at radius 3 is 2.83 bits per heavy atom. The highest BCUT2D eigenvalue weighted by atomic mass is 32.2. The van der Waals surface area contributed by atoms with Crippen molar-refractivity contribution in [1.29, 1.82) is 0 Å². The molecule has 1 heterocycles. The Hall–Kier alpha value is -0.870. The number of benzene rings is 1. The van der Waals surface area contributed by atoms with E-state index in [9.17, 15) is 0 Å². The van der Waals surface area contributed by atoms with E-state index in [2.05, 4.69) is 12.1 Å². The van der Waals surface area contributed by atoms with Crippen LogP contribution in [0.25, 0.3) is 0 Å². The number of nitrogens with two attached hydrogens (primary N) is 1. The molecule has 0 amide bonds. The van der Waals surface area contributed by atoms with E-state index < -0.39 is 0 Å². The van der Waals surface area contributed by atoms with Crippen LogP contribution in [0.2, 0.25) is 0 Å². The second-order valence-electron chi connectivity index (χ2n) is 4.89. The standard InChI is InChI=1S/C14H19NO2S/c15-9-10-2-1-3-14(10)18-11-4-5-12-13(8-11)17-7-6-16-12/h4-5,8,10,14H,1-3,6-7,9,15H2. The van der Waals surface area contributed by atoms with Crippen LogP contribution in [0.4, 0.5) is 0 Å². The monoisotopic (exact) mass is 265 g/mol. The van der Waals surface area contributed by atoms with Gasteiger partial charge in [0.25, 0.3) is 0 Å². The van der Waals surface area contributed by atoms with Gasteiger partial charge in [-0.2, -0.15) is 0 Å². The summed E-state index contributed by atoms with van der Waals surface area (Å²) in [6.07, 6.45) is 3.86. The largest absolute Gasteiger partial charge is 0.486 e. The fourth-order valence-corrected chi connectivity index (χ4v) is 4.09. The lowest BCUT2D eigenvalue weighted by molar-refractivity contribution is 0.171. The molecule has 3 nitrogen and oxygen atoms in total. The van der Waals surface area contributed by atoms with Gasteiger partial charge in [-0.3, -0.25) is 0 Å². The predicted octanol–water partition coefficient (Wildman–Crippen LogP) is 2.68. The number of ether oxygens (including phenoxy) is 2. The summed E-state index contributed by atoms with van der Waals surface area (Å²) in [7, 11) is 0. The lowest BCUT2D eigenvalue weighted by Gasteiger charge is -2.21. The molecular formula is C14H19NO2S. The topological polar surface area (TPSA) is 44.5 Å². The average Bonchev–Trinajstić information content (AvgIpc) is 2.86. The highest BCUT2D eigenvalue weighted by molar-refractivity contribution is 8.00. The highest BCUT2D eigenvalue weighted by Crippen LogP contribution is 2.41. The van der Waals surface area contributed by atoms with E-state index in [1.54, 1.807) is 0 Å². The number of hydrogen-bond acceptors (Lipinski definition) is 4. The zero-order valence-corrected chi connectivity index (χ0v) is 11.2. The van der Waals surface area contributed by atoms with E-state index >= 15 is 0 Å². The van der Waals surface area contributed by atoms with E-state index in [0.29, 0.717) is 24.4 Å². The first-order valence-corrected chi connectivity index (χ1v) is 7.51. The summed E-state index contributed by atoms with van der Waals surface area (Å²) in [5.74, 6) is 2.42. The summed E-state index contributed by atoms with van der Waals surface area (Å²) in [5.41, 5.74) is 5.83. The summed E-state index contributed by atoms with van der Waals surface area (Å²) in [4.78, 5) is 1.27. The van der Waals surface area contributed by atoms with E-state index in [0.717, 1.165) is 18.0 Å². The Bertz CT molecular complexity index is 424. The van der Waals surface area contributed by atoms with Crippen LogP contribution in [-0.2, 0) is 0 Å². The third-order valence-corrected chi connectivity index (χ3v) is 5.14. The van der Waals surface area contributed by atoms with Gasteiger partial charge in [0.15, 0.2) is 11.5 Å². The number of thioether (sulfide) groups is 1. The van der Waals surface area contributed by atoms with Gasteiger partial charge in [0.2, 0.25) is 0 Å². The number of rotatable bonds is 3. The fourth-order valence-electron chi connectivity index (χ4n) is 2.70. The molecule has 2 aliphatic rings. The molecule has 3 rings (SSSR count). The first-order chi connectivity index (χ1) is 8.86. The smallest absolute Gasteiger partial charge is 0.162 e. The zero-order valence-electron chi connectivity index (χ0n) is 10.4. The van der Waals surface area contributed by atoms with Crippen LogP contribution in [0, 0.1) is 5.92 Å². The van der Waals surface area contributed by atoms with Crippen LogP contribution in [0.5, 0.6) is 11.5 Å². The molecule has 0 saturated heterocycles. The molecular weight excluding hydrogens is 246 g/mol. The van der Waals surface area contributed by atoms with Gasteiger partial charge in [0.1, 0.15) is 13.2 Å². The molecule has 1 aromatic carbocycles. The molecule has 2 unspecified atom stereocenters. The molecule has 1 saturated carbocycles. The first-order valence-electron chi connectivity index (χ1n) is 6.63. The van der Waals surface area contributed by atoms with Crippen LogP contribution in [0.3, 0.4) is 0 Å². The summed E-state index contributed by atoms with van der Waals surface area (Å²) in [6, 6.07) is 6.25. The first kappa shape index (κ1) is 12.2. The van der Waals surface area contributed by atoms with E-state index in [4.69, 9.17) is 15.2 Å². The Labute approximate surface area is 112 Å². The minimum atomic E-state index is 0.649. The minimum absolute atomic E-state index is 0.649. The third kappa shape index (κ3) is 2.45. The molecule has 0 aromatic heterocycles. The van der Waals surface area contributed by atoms with Crippen LogP contribution in [-0.4, -0.2) is 25.0 Å². The summed E-state index contributed by atoms with van der Waals surface area (Å²) in [6.45, 7) is 2.11. The lowest BCUT2D eigenvalue weighted by atomic mass is 10.1. The Morgan fingerprint density at radius 1 is 1.17 bits per heavy atom. The highest BCUT2D eigenvalue weighted by Gasteiger charge is 2.27. The van der Waals surface area contributed by atoms with Crippen LogP contribution in [0.15, 0.2) is 23.1 Å². The summed E-state index contributed by atoms with van der Waals surface area (Å²) in [5, 5.41) is 0.664. The van der Waals surface area contributed by atoms with Gasteiger partial charge >= 0.3 is 0 Å². The van der Waals surface area contributed by atoms with Gasteiger partial charge in [-0.15, -0.1) is 11.8 Å². The third-order valence-electron chi connectivity index (χ3n) is 3.69. The minimum Gasteiger partial charge on any atom is -0.486 e. The average molecular weight is 265 g/mol. The van der Waals surface area contributed by atoms with Gasteiger partial charge in [0, 0.05) is 10.1 Å². The van der Waals surface area contributed by atoms with E-state index in [1.807, 2.05) is 17.8 Å². The second kappa shape index (κ2) is 5.41. The van der Waals surface area contributed by atoms with Gasteiger partial charge in [0.05, 0.1) is 0 Å². The van der Waals surface area contributed by atoms with Gasteiger partial charge in [-0.25, -0.2) is 0 Å². The second-order valence-corrected chi connectivity index (χ2v) is 6.20. The van der Waals surface area contributed by atoms with Crippen molar-refractivity contribution < 1.29 is 9.47 Å². The van der Waals surface area contributed by atoms with Gasteiger partial charge in [-0.1, -0.05) is 6.42 Å². The maximum Gasteiger partial charge on any atom is 0.162 e. The molecule has 4 heteroatoms. The zero-order chi connectivity index (χ0) is 12.4. The summed E-state index contributed by atoms with van der Waals surface area (Å²) < 4.78 is 11.2. The van der Waals surface area contributed by atoms with Crippen LogP contribution in [0.1, 0.15) is 19.3 Å². The van der Waals surface area contributed by atoms with Crippen molar-refractivity contribution in [3.8, 4) is 11.5 Å². The normalized spacial score (nSPS) is 26.3. The molecule has 2 atom stereocenters. The van der Waals surface area contributed by atoms with E-state index in [-0.39, 0.29) is 0 Å². The van der Waals surface area contributed by atoms with Gasteiger partial charge in [-0.05, 0) is 43.5 Å². The number of hydrogen-bond donors (Lipinski definition) is 1. The van der Waals surface area contributed by atoms with Crippen molar-refractivity contribution in [2.75, 3.05) is 19.8 Å². The molecule has 98 valence electrons. The lowest BCUT2D eigenvalue weighted by Crippen LogP contribution is -2.20. The molecule has 1 aromatic rings. The Morgan fingerprint density at radius 2 is 2.00 bits per heavy atom. The number of fused-ring (bicyclic) bond motifs is 1. The fraction of sp³-hybridized carbons (Fsp3) is 0.571. The van der Waals surface area contributed by atoms with E-state index in [1.165, 1.54) is 24.2 Å². The molecule has 18 heavy (non-hydrogen) atoms. The molecule has 0 spiro atoms. The van der Waals surface area contributed by atoms with Crippen LogP contribution < -0.4 is 15.2 Å². The van der Waals surface area contributed by atoms with Crippen molar-refractivity contribution in [2.24, 2.45) is 11.7 Å². The van der Waals surface area contributed by atoms with Crippen molar-refractivity contribution in [2.45, 2.75) is 29.4 Å².